The van der Waals surface area contributed by atoms with Crippen LogP contribution in [0, 0.1) is 0 Å². The van der Waals surface area contributed by atoms with Gasteiger partial charge in [-0.25, -0.2) is 4.98 Å². The Hall–Kier alpha value is -1.29. The molecule has 1 rings (SSSR count). The second-order valence-electron chi connectivity index (χ2n) is 3.64. The van der Waals surface area contributed by atoms with Crippen LogP contribution in [0.3, 0.4) is 0 Å². The highest BCUT2D eigenvalue weighted by molar-refractivity contribution is 6.29. The van der Waals surface area contributed by atoms with Gasteiger partial charge in [0, 0.05) is 6.04 Å². The number of carbonyl (C=O) groups excluding carboxylic acids is 1. The van der Waals surface area contributed by atoms with Crippen molar-refractivity contribution in [3.05, 3.63) is 23.5 Å². The number of aromatic nitrogens is 1. The van der Waals surface area contributed by atoms with Gasteiger partial charge < -0.3 is 10.1 Å². The lowest BCUT2D eigenvalue weighted by atomic mass is 10.3. The summed E-state index contributed by atoms with van der Waals surface area (Å²) in [5, 5.41) is 3.20. The molecular formula is C11H15ClN2O2. The van der Waals surface area contributed by atoms with E-state index in [1.54, 1.807) is 12.1 Å². The van der Waals surface area contributed by atoms with Gasteiger partial charge in [0.1, 0.15) is 10.9 Å². The maximum Gasteiger partial charge on any atom is 0.223 e. The van der Waals surface area contributed by atoms with E-state index in [1.807, 2.05) is 13.8 Å². The van der Waals surface area contributed by atoms with Crippen molar-refractivity contribution in [3.63, 3.8) is 0 Å². The van der Waals surface area contributed by atoms with Crippen molar-refractivity contribution in [3.8, 4) is 5.75 Å². The van der Waals surface area contributed by atoms with Gasteiger partial charge in [-0.3, -0.25) is 4.79 Å². The molecule has 0 bridgehead atoms. The second-order valence-corrected chi connectivity index (χ2v) is 4.02. The number of amides is 1. The van der Waals surface area contributed by atoms with Crippen LogP contribution in [0.2, 0.25) is 5.15 Å². The monoisotopic (exact) mass is 242 g/mol. The molecule has 88 valence electrons. The molecule has 0 aliphatic rings. The summed E-state index contributed by atoms with van der Waals surface area (Å²) in [5.41, 5.74) is 0. The average Bonchev–Trinajstić information content (AvgIpc) is 2.20. The van der Waals surface area contributed by atoms with Gasteiger partial charge in [0.2, 0.25) is 5.91 Å². The number of hydrogen-bond acceptors (Lipinski definition) is 3. The molecule has 0 aromatic carbocycles. The maximum atomic E-state index is 11.3. The number of halogens is 1. The van der Waals surface area contributed by atoms with Crippen LogP contribution >= 0.6 is 11.6 Å². The summed E-state index contributed by atoms with van der Waals surface area (Å²) in [4.78, 5) is 15.1. The Balaban J connectivity index is 2.25. The highest BCUT2D eigenvalue weighted by Crippen LogP contribution is 2.11. The zero-order valence-corrected chi connectivity index (χ0v) is 10.1. The summed E-state index contributed by atoms with van der Waals surface area (Å²) >= 11 is 5.62. The van der Waals surface area contributed by atoms with Crippen LogP contribution in [-0.2, 0) is 4.79 Å². The molecule has 0 aliphatic carbocycles. The highest BCUT2D eigenvalue weighted by atomic mass is 35.5. The fourth-order valence-electron chi connectivity index (χ4n) is 1.10. The first-order chi connectivity index (χ1) is 7.58. The summed E-state index contributed by atoms with van der Waals surface area (Å²) in [6, 6.07) is 3.52. The Bertz CT molecular complexity index is 338. The Morgan fingerprint density at radius 1 is 1.56 bits per heavy atom. The molecule has 1 N–H and O–H groups in total. The van der Waals surface area contributed by atoms with E-state index in [0.717, 1.165) is 0 Å². The Labute approximate surface area is 100.0 Å². The van der Waals surface area contributed by atoms with E-state index in [4.69, 9.17) is 16.3 Å². The first-order valence-corrected chi connectivity index (χ1v) is 5.49. The van der Waals surface area contributed by atoms with Crippen LogP contribution in [0.1, 0.15) is 20.3 Å². The maximum absolute atomic E-state index is 11.3. The van der Waals surface area contributed by atoms with Gasteiger partial charge in [-0.15, -0.1) is 0 Å². The van der Waals surface area contributed by atoms with Crippen LogP contribution in [0.4, 0.5) is 0 Å². The average molecular weight is 243 g/mol. The number of carbonyl (C=O) groups is 1. The molecule has 5 heteroatoms. The zero-order valence-electron chi connectivity index (χ0n) is 9.37. The number of pyridine rings is 1. The summed E-state index contributed by atoms with van der Waals surface area (Å²) in [6.45, 7) is 4.17. The zero-order chi connectivity index (χ0) is 12.0. The molecule has 0 saturated carbocycles. The quantitative estimate of drug-likeness (QED) is 0.804. The third-order valence-electron chi connectivity index (χ3n) is 1.75. The van der Waals surface area contributed by atoms with Gasteiger partial charge in [-0.1, -0.05) is 11.6 Å². The van der Waals surface area contributed by atoms with Crippen LogP contribution in [0.5, 0.6) is 5.75 Å². The predicted octanol–water partition coefficient (Wildman–Crippen LogP) is 2.03. The fraction of sp³-hybridized carbons (Fsp3) is 0.455. The van der Waals surface area contributed by atoms with E-state index in [-0.39, 0.29) is 11.9 Å². The van der Waals surface area contributed by atoms with Gasteiger partial charge in [-0.05, 0) is 26.0 Å². The van der Waals surface area contributed by atoms with E-state index < -0.39 is 0 Å². The molecule has 1 amide bonds. The van der Waals surface area contributed by atoms with Crippen molar-refractivity contribution < 1.29 is 9.53 Å². The summed E-state index contributed by atoms with van der Waals surface area (Å²) < 4.78 is 5.33. The van der Waals surface area contributed by atoms with Gasteiger partial charge in [0.25, 0.3) is 0 Å². The molecule has 0 unspecified atom stereocenters. The normalized spacial score (nSPS) is 10.2. The minimum absolute atomic E-state index is 0.0167. The summed E-state index contributed by atoms with van der Waals surface area (Å²) in [7, 11) is 0. The minimum atomic E-state index is -0.0167. The third kappa shape index (κ3) is 4.98. The van der Waals surface area contributed by atoms with Crippen LogP contribution in [0.15, 0.2) is 18.3 Å². The van der Waals surface area contributed by atoms with Crippen molar-refractivity contribution in [2.45, 2.75) is 26.3 Å². The van der Waals surface area contributed by atoms with Crippen LogP contribution in [0.25, 0.3) is 0 Å². The Kier molecular flexibility index (Phi) is 5.05. The van der Waals surface area contributed by atoms with Crippen molar-refractivity contribution >= 4 is 17.5 Å². The Morgan fingerprint density at radius 2 is 2.31 bits per heavy atom. The predicted molar refractivity (Wildman–Crippen MR) is 62.6 cm³/mol. The first-order valence-electron chi connectivity index (χ1n) is 5.11. The van der Waals surface area contributed by atoms with Gasteiger partial charge in [-0.2, -0.15) is 0 Å². The van der Waals surface area contributed by atoms with Crippen molar-refractivity contribution in [2.24, 2.45) is 0 Å². The fourth-order valence-corrected chi connectivity index (χ4v) is 1.22. The number of nitrogens with zero attached hydrogens (tertiary/aromatic N) is 1. The summed E-state index contributed by atoms with van der Waals surface area (Å²) in [6.07, 6.45) is 1.86. The number of hydrogen-bond donors (Lipinski definition) is 1. The van der Waals surface area contributed by atoms with Crippen LogP contribution in [-0.4, -0.2) is 23.5 Å². The van der Waals surface area contributed by atoms with Gasteiger partial charge in [0.05, 0.1) is 19.2 Å². The van der Waals surface area contributed by atoms with E-state index in [1.165, 1.54) is 6.20 Å². The topological polar surface area (TPSA) is 51.2 Å². The molecule has 0 saturated heterocycles. The van der Waals surface area contributed by atoms with Crippen molar-refractivity contribution in [1.82, 2.24) is 10.3 Å². The molecule has 16 heavy (non-hydrogen) atoms. The van der Waals surface area contributed by atoms with Gasteiger partial charge >= 0.3 is 0 Å². The lowest BCUT2D eigenvalue weighted by molar-refractivity contribution is -0.122. The number of rotatable bonds is 5. The molecule has 0 atom stereocenters. The van der Waals surface area contributed by atoms with E-state index in [0.29, 0.717) is 23.9 Å². The van der Waals surface area contributed by atoms with E-state index >= 15 is 0 Å². The lowest BCUT2D eigenvalue weighted by Crippen LogP contribution is -2.31. The number of ether oxygens (including phenoxy) is 1. The standard InChI is InChI=1S/C11H15ClN2O2/c1-8(2)14-11(15)5-6-16-9-3-4-10(12)13-7-9/h3-4,7-8H,5-6H2,1-2H3,(H,14,15). The molecular weight excluding hydrogens is 228 g/mol. The molecule has 1 heterocycles. The largest absolute Gasteiger partial charge is 0.491 e. The van der Waals surface area contributed by atoms with Gasteiger partial charge in [0.15, 0.2) is 0 Å². The third-order valence-corrected chi connectivity index (χ3v) is 1.97. The van der Waals surface area contributed by atoms with Crippen molar-refractivity contribution in [2.75, 3.05) is 6.61 Å². The molecule has 0 spiro atoms. The molecule has 0 radical (unpaired) electrons. The number of nitrogens with one attached hydrogen (secondary N) is 1. The Morgan fingerprint density at radius 3 is 2.88 bits per heavy atom. The minimum Gasteiger partial charge on any atom is -0.491 e. The van der Waals surface area contributed by atoms with E-state index in [2.05, 4.69) is 10.3 Å². The first kappa shape index (κ1) is 12.8. The SMILES string of the molecule is CC(C)NC(=O)CCOc1ccc(Cl)nc1. The highest BCUT2D eigenvalue weighted by Gasteiger charge is 2.03. The lowest BCUT2D eigenvalue weighted by Gasteiger charge is -2.09. The van der Waals surface area contributed by atoms with E-state index in [9.17, 15) is 4.79 Å². The molecule has 0 fully saturated rings. The molecule has 4 nitrogen and oxygen atoms in total. The molecule has 1 aromatic heterocycles. The van der Waals surface area contributed by atoms with Crippen LogP contribution < -0.4 is 10.1 Å². The molecule has 1 aromatic rings. The van der Waals surface area contributed by atoms with Crippen molar-refractivity contribution in [1.29, 1.82) is 0 Å². The smallest absolute Gasteiger partial charge is 0.223 e. The second kappa shape index (κ2) is 6.33. The summed E-state index contributed by atoms with van der Waals surface area (Å²) in [5.74, 6) is 0.596. The molecule has 0 aliphatic heterocycles.